The van der Waals surface area contributed by atoms with Crippen LogP contribution in [0.2, 0.25) is 5.02 Å². The largest absolute Gasteiger partial charge is 0.459 e. The Morgan fingerprint density at radius 3 is 2.63 bits per heavy atom. The van der Waals surface area contributed by atoms with Crippen LogP contribution < -0.4 is 10.6 Å². The summed E-state index contributed by atoms with van der Waals surface area (Å²) < 4.78 is 5.23. The van der Waals surface area contributed by atoms with Crippen molar-refractivity contribution in [3.63, 3.8) is 0 Å². The van der Waals surface area contributed by atoms with E-state index >= 15 is 0 Å². The lowest BCUT2D eigenvalue weighted by molar-refractivity contribution is 0.0997. The van der Waals surface area contributed by atoms with Gasteiger partial charge in [-0.05, 0) is 67.4 Å². The maximum atomic E-state index is 12.6. The maximum Gasteiger partial charge on any atom is 0.291 e. The Bertz CT molecular complexity index is 1150. The molecule has 0 aliphatic rings. The number of nitrogens with zero attached hydrogens (tertiary/aromatic N) is 1. The molecular formula is C23H20ClN3O2S. The highest BCUT2D eigenvalue weighted by Gasteiger charge is 2.23. The smallest absolute Gasteiger partial charge is 0.291 e. The van der Waals surface area contributed by atoms with E-state index in [0.717, 1.165) is 32.4 Å². The van der Waals surface area contributed by atoms with Crippen LogP contribution in [0, 0.1) is 13.8 Å². The number of furan rings is 1. The van der Waals surface area contributed by atoms with Crippen molar-refractivity contribution in [1.29, 1.82) is 0 Å². The summed E-state index contributed by atoms with van der Waals surface area (Å²) >= 11 is 7.63. The molecule has 4 aromatic rings. The normalized spacial score (nSPS) is 11.8. The molecule has 2 N–H and O–H groups in total. The number of benzene rings is 1. The standard InChI is InChI=1S/C23H20ClN3O2S/c1-14-9-10-25-20(12-14)26-21(16-5-7-17(24)8-6-16)18-13-15(2)30-23(18)27-22(28)19-4-3-11-29-19/h3-13,21H,1-2H3,(H,25,26)(H,27,28)/t21-/m1/s1. The van der Waals surface area contributed by atoms with Crippen molar-refractivity contribution in [2.45, 2.75) is 19.9 Å². The zero-order valence-electron chi connectivity index (χ0n) is 16.5. The van der Waals surface area contributed by atoms with Crippen molar-refractivity contribution in [2.75, 3.05) is 10.6 Å². The van der Waals surface area contributed by atoms with E-state index in [1.807, 2.05) is 50.2 Å². The Kier molecular flexibility index (Phi) is 5.88. The molecule has 0 saturated carbocycles. The van der Waals surface area contributed by atoms with Crippen molar-refractivity contribution in [1.82, 2.24) is 4.98 Å². The molecule has 0 aliphatic carbocycles. The molecule has 1 aromatic carbocycles. The average molecular weight is 438 g/mol. The van der Waals surface area contributed by atoms with Gasteiger partial charge in [-0.2, -0.15) is 0 Å². The summed E-state index contributed by atoms with van der Waals surface area (Å²) in [4.78, 5) is 18.1. The number of pyridine rings is 1. The molecule has 3 heterocycles. The van der Waals surface area contributed by atoms with Crippen LogP contribution in [0.5, 0.6) is 0 Å². The summed E-state index contributed by atoms with van der Waals surface area (Å²) in [5.41, 5.74) is 3.06. The number of amides is 1. The van der Waals surface area contributed by atoms with Crippen LogP contribution >= 0.6 is 22.9 Å². The fourth-order valence-corrected chi connectivity index (χ4v) is 4.25. The van der Waals surface area contributed by atoms with Crippen molar-refractivity contribution >= 4 is 39.7 Å². The third-order valence-electron chi connectivity index (χ3n) is 4.58. The molecule has 30 heavy (non-hydrogen) atoms. The van der Waals surface area contributed by atoms with Crippen LogP contribution in [-0.2, 0) is 0 Å². The number of hydrogen-bond donors (Lipinski definition) is 2. The highest BCUT2D eigenvalue weighted by atomic mass is 35.5. The molecule has 7 heteroatoms. The molecule has 0 fully saturated rings. The monoisotopic (exact) mass is 437 g/mol. The van der Waals surface area contributed by atoms with Gasteiger partial charge in [0.05, 0.1) is 12.3 Å². The number of thiophene rings is 1. The van der Waals surface area contributed by atoms with Gasteiger partial charge in [0.25, 0.3) is 5.91 Å². The predicted octanol–water partition coefficient (Wildman–Crippen LogP) is 6.46. The van der Waals surface area contributed by atoms with Gasteiger partial charge in [-0.25, -0.2) is 4.98 Å². The first-order valence-electron chi connectivity index (χ1n) is 9.39. The molecule has 0 aliphatic heterocycles. The molecule has 1 atom stereocenters. The molecule has 0 unspecified atom stereocenters. The van der Waals surface area contributed by atoms with Crippen LogP contribution in [-0.4, -0.2) is 10.9 Å². The second-order valence-corrected chi connectivity index (χ2v) is 8.61. The number of rotatable bonds is 6. The second-order valence-electron chi connectivity index (χ2n) is 6.92. The van der Waals surface area contributed by atoms with Gasteiger partial charge in [-0.3, -0.25) is 4.79 Å². The zero-order chi connectivity index (χ0) is 21.1. The minimum absolute atomic E-state index is 0.228. The first-order valence-corrected chi connectivity index (χ1v) is 10.6. The average Bonchev–Trinajstić information content (AvgIpc) is 3.37. The van der Waals surface area contributed by atoms with E-state index in [1.165, 1.54) is 17.6 Å². The number of aryl methyl sites for hydroxylation is 2. The fourth-order valence-electron chi connectivity index (χ4n) is 3.18. The second kappa shape index (κ2) is 8.73. The summed E-state index contributed by atoms with van der Waals surface area (Å²) in [6.07, 6.45) is 3.26. The maximum absolute atomic E-state index is 12.6. The number of anilines is 2. The molecule has 3 aromatic heterocycles. The summed E-state index contributed by atoms with van der Waals surface area (Å²) in [6.45, 7) is 4.04. The van der Waals surface area contributed by atoms with Gasteiger partial charge >= 0.3 is 0 Å². The Hall–Kier alpha value is -3.09. The highest BCUT2D eigenvalue weighted by Crippen LogP contribution is 2.38. The first-order chi connectivity index (χ1) is 14.5. The Morgan fingerprint density at radius 1 is 1.13 bits per heavy atom. The van der Waals surface area contributed by atoms with Crippen molar-refractivity contribution in [2.24, 2.45) is 0 Å². The third-order valence-corrected chi connectivity index (χ3v) is 5.81. The Labute approximate surface area is 183 Å². The molecular weight excluding hydrogens is 418 g/mol. The van der Waals surface area contributed by atoms with Gasteiger partial charge in [0, 0.05) is 21.7 Å². The van der Waals surface area contributed by atoms with Crippen LogP contribution in [0.25, 0.3) is 0 Å². The van der Waals surface area contributed by atoms with Gasteiger partial charge in [0.2, 0.25) is 0 Å². The zero-order valence-corrected chi connectivity index (χ0v) is 18.1. The van der Waals surface area contributed by atoms with Gasteiger partial charge in [0.15, 0.2) is 5.76 Å². The summed E-state index contributed by atoms with van der Waals surface area (Å²) in [5.74, 6) is 0.733. The molecule has 5 nitrogen and oxygen atoms in total. The number of hydrogen-bond acceptors (Lipinski definition) is 5. The van der Waals surface area contributed by atoms with Crippen LogP contribution in [0.4, 0.5) is 10.8 Å². The van der Waals surface area contributed by atoms with Gasteiger partial charge in [0.1, 0.15) is 10.8 Å². The number of carbonyl (C=O) groups excluding carboxylic acids is 1. The fraction of sp³-hybridized carbons (Fsp3) is 0.130. The van der Waals surface area contributed by atoms with E-state index in [2.05, 4.69) is 21.7 Å². The number of carbonyl (C=O) groups is 1. The topological polar surface area (TPSA) is 67.2 Å². The third kappa shape index (κ3) is 4.56. The van der Waals surface area contributed by atoms with E-state index in [9.17, 15) is 4.79 Å². The minimum atomic E-state index is -0.286. The lowest BCUT2D eigenvalue weighted by Gasteiger charge is -2.21. The summed E-state index contributed by atoms with van der Waals surface area (Å²) in [7, 11) is 0. The number of aromatic nitrogens is 1. The van der Waals surface area contributed by atoms with E-state index in [0.29, 0.717) is 5.02 Å². The lowest BCUT2D eigenvalue weighted by atomic mass is 10.00. The number of halogens is 1. The predicted molar refractivity (Wildman–Crippen MR) is 122 cm³/mol. The summed E-state index contributed by atoms with van der Waals surface area (Å²) in [6, 6.07) is 16.8. The van der Waals surface area contributed by atoms with Crippen molar-refractivity contribution in [3.8, 4) is 0 Å². The highest BCUT2D eigenvalue weighted by molar-refractivity contribution is 7.16. The van der Waals surface area contributed by atoms with Gasteiger partial charge in [-0.1, -0.05) is 23.7 Å². The SMILES string of the molecule is Cc1ccnc(N[C@H](c2ccc(Cl)cc2)c2cc(C)sc2NC(=O)c2ccco2)c1. The molecule has 0 bridgehead atoms. The lowest BCUT2D eigenvalue weighted by Crippen LogP contribution is -2.17. The Balaban J connectivity index is 1.73. The molecule has 1 amide bonds. The van der Waals surface area contributed by atoms with E-state index in [4.69, 9.17) is 16.0 Å². The van der Waals surface area contributed by atoms with E-state index in [-0.39, 0.29) is 17.7 Å². The van der Waals surface area contributed by atoms with Gasteiger partial charge < -0.3 is 15.1 Å². The first kappa shape index (κ1) is 20.2. The molecule has 152 valence electrons. The van der Waals surface area contributed by atoms with E-state index < -0.39 is 0 Å². The summed E-state index contributed by atoms with van der Waals surface area (Å²) in [5, 5.41) is 7.93. The molecule has 0 saturated heterocycles. The van der Waals surface area contributed by atoms with Crippen molar-refractivity contribution < 1.29 is 9.21 Å². The van der Waals surface area contributed by atoms with E-state index in [1.54, 1.807) is 18.3 Å². The minimum Gasteiger partial charge on any atom is -0.459 e. The molecule has 4 rings (SSSR count). The van der Waals surface area contributed by atoms with Gasteiger partial charge in [-0.15, -0.1) is 11.3 Å². The number of nitrogens with one attached hydrogen (secondary N) is 2. The van der Waals surface area contributed by atoms with Crippen molar-refractivity contribution in [3.05, 3.63) is 99.4 Å². The van der Waals surface area contributed by atoms with Crippen LogP contribution in [0.1, 0.15) is 38.2 Å². The molecule has 0 radical (unpaired) electrons. The van der Waals surface area contributed by atoms with Crippen LogP contribution in [0.3, 0.4) is 0 Å². The molecule has 0 spiro atoms. The van der Waals surface area contributed by atoms with Crippen LogP contribution in [0.15, 0.2) is 71.5 Å². The Morgan fingerprint density at radius 2 is 1.93 bits per heavy atom. The quantitative estimate of drug-likeness (QED) is 0.363.